The molecule has 3 heterocycles. The fraction of sp³-hybridized carbons (Fsp3) is 0.176. The van der Waals surface area contributed by atoms with Crippen molar-refractivity contribution in [2.75, 3.05) is 5.32 Å². The number of para-hydroxylation sites is 1. The Kier molecular flexibility index (Phi) is 3.79. The zero-order chi connectivity index (χ0) is 19.5. The van der Waals surface area contributed by atoms with Crippen LogP contribution < -0.4 is 10.0 Å². The topological polar surface area (TPSA) is 113 Å². The second-order valence-electron chi connectivity index (χ2n) is 6.20. The maximum absolute atomic E-state index is 12.8. The van der Waals surface area contributed by atoms with Crippen molar-refractivity contribution in [1.82, 2.24) is 14.3 Å². The van der Waals surface area contributed by atoms with Crippen LogP contribution in [0.1, 0.15) is 16.3 Å². The lowest BCUT2D eigenvalue weighted by molar-refractivity contribution is -0.113. The number of hydrogen-bond donors (Lipinski definition) is 3. The zero-order valence-corrected chi connectivity index (χ0v) is 16.3. The standard InChI is InChI=1S/C17H16N4O4S2/c1-8-9(2)26-17(18-8)19-16(23)12-14(22)13-15(27(24,25)20-12)10-6-4-5-7-11(10)21(13)3/h4-7,20,22H,1-3H3,(H,18,19,23). The number of amides is 1. The van der Waals surface area contributed by atoms with E-state index in [-0.39, 0.29) is 10.6 Å². The highest BCUT2D eigenvalue weighted by Crippen LogP contribution is 2.37. The maximum Gasteiger partial charge on any atom is 0.278 e. The number of carbonyl (C=O) groups is 1. The van der Waals surface area contributed by atoms with Crippen LogP contribution in [0.2, 0.25) is 0 Å². The molecule has 140 valence electrons. The van der Waals surface area contributed by atoms with E-state index in [4.69, 9.17) is 0 Å². The van der Waals surface area contributed by atoms with Crippen molar-refractivity contribution in [2.24, 2.45) is 7.05 Å². The number of nitrogens with zero attached hydrogens (tertiary/aromatic N) is 2. The summed E-state index contributed by atoms with van der Waals surface area (Å²) in [5.74, 6) is -1.21. The summed E-state index contributed by atoms with van der Waals surface area (Å²) in [4.78, 5) is 17.7. The van der Waals surface area contributed by atoms with Crippen LogP contribution in [0, 0.1) is 13.8 Å². The number of sulfonamides is 1. The molecule has 1 aromatic carbocycles. The van der Waals surface area contributed by atoms with Crippen LogP contribution in [0.4, 0.5) is 5.13 Å². The Bertz CT molecular complexity index is 1230. The minimum atomic E-state index is -4.04. The first-order valence-corrected chi connectivity index (χ1v) is 10.3. The van der Waals surface area contributed by atoms with E-state index in [1.165, 1.54) is 11.3 Å². The average molecular weight is 404 g/mol. The molecule has 0 spiro atoms. The normalized spacial score (nSPS) is 15.5. The van der Waals surface area contributed by atoms with Crippen LogP contribution >= 0.6 is 11.3 Å². The number of aliphatic hydroxyl groups excluding tert-OH is 1. The van der Waals surface area contributed by atoms with Crippen LogP contribution in [0.15, 0.2) is 34.9 Å². The van der Waals surface area contributed by atoms with E-state index in [1.807, 2.05) is 13.8 Å². The molecule has 0 radical (unpaired) electrons. The molecule has 3 aromatic rings. The highest BCUT2D eigenvalue weighted by molar-refractivity contribution is 7.90. The average Bonchev–Trinajstić information content (AvgIpc) is 3.09. The van der Waals surface area contributed by atoms with E-state index in [0.29, 0.717) is 16.0 Å². The van der Waals surface area contributed by atoms with Gasteiger partial charge in [-0.2, -0.15) is 0 Å². The van der Waals surface area contributed by atoms with E-state index in [1.54, 1.807) is 35.9 Å². The second kappa shape index (κ2) is 5.83. The summed E-state index contributed by atoms with van der Waals surface area (Å²) in [5, 5.41) is 14.0. The summed E-state index contributed by atoms with van der Waals surface area (Å²) in [6.07, 6.45) is 0. The molecule has 0 aliphatic carbocycles. The molecule has 1 aliphatic heterocycles. The van der Waals surface area contributed by atoms with Crippen molar-refractivity contribution in [1.29, 1.82) is 0 Å². The van der Waals surface area contributed by atoms with E-state index in [0.717, 1.165) is 10.6 Å². The summed E-state index contributed by atoms with van der Waals surface area (Å²) in [7, 11) is -2.40. The molecule has 3 N–H and O–H groups in total. The van der Waals surface area contributed by atoms with Gasteiger partial charge in [-0.15, -0.1) is 11.3 Å². The van der Waals surface area contributed by atoms with E-state index in [2.05, 4.69) is 15.0 Å². The SMILES string of the molecule is Cc1nc(NC(=O)C2=C(O)c3c(c4ccccc4n3C)S(=O)(=O)N2)sc1C. The van der Waals surface area contributed by atoms with Gasteiger partial charge in [0.15, 0.2) is 16.6 Å². The molecule has 0 saturated heterocycles. The van der Waals surface area contributed by atoms with Crippen LogP contribution in [0.25, 0.3) is 16.7 Å². The number of aromatic nitrogens is 2. The van der Waals surface area contributed by atoms with Crippen LogP contribution in [0.3, 0.4) is 0 Å². The first-order chi connectivity index (χ1) is 12.7. The number of thiazole rings is 1. The van der Waals surface area contributed by atoms with Crippen molar-refractivity contribution < 1.29 is 18.3 Å². The lowest BCUT2D eigenvalue weighted by Gasteiger charge is -2.19. The molecule has 2 aromatic heterocycles. The molecular weight excluding hydrogens is 388 g/mol. The van der Waals surface area contributed by atoms with Crippen molar-refractivity contribution in [2.45, 2.75) is 18.7 Å². The molecule has 1 amide bonds. The monoisotopic (exact) mass is 404 g/mol. The number of benzene rings is 1. The quantitative estimate of drug-likeness (QED) is 0.607. The maximum atomic E-state index is 12.8. The van der Waals surface area contributed by atoms with Gasteiger partial charge in [-0.1, -0.05) is 18.2 Å². The third-order valence-corrected chi connectivity index (χ3v) is 6.91. The second-order valence-corrected chi connectivity index (χ2v) is 9.02. The molecule has 0 saturated carbocycles. The lowest BCUT2D eigenvalue weighted by atomic mass is 10.2. The lowest BCUT2D eigenvalue weighted by Crippen LogP contribution is -2.35. The van der Waals surface area contributed by atoms with Crippen molar-refractivity contribution in [3.05, 3.63) is 46.2 Å². The van der Waals surface area contributed by atoms with E-state index in [9.17, 15) is 18.3 Å². The number of rotatable bonds is 2. The highest BCUT2D eigenvalue weighted by Gasteiger charge is 2.37. The number of nitrogens with one attached hydrogen (secondary N) is 2. The molecule has 4 rings (SSSR count). The molecule has 0 unspecified atom stereocenters. The van der Waals surface area contributed by atoms with Crippen LogP contribution in [0.5, 0.6) is 0 Å². The molecular formula is C17H16N4O4S2. The van der Waals surface area contributed by atoms with Gasteiger partial charge in [0.2, 0.25) is 0 Å². The molecule has 8 nitrogen and oxygen atoms in total. The Morgan fingerprint density at radius 1 is 1.30 bits per heavy atom. The minimum Gasteiger partial charge on any atom is -0.504 e. The third-order valence-electron chi connectivity index (χ3n) is 4.50. The number of aliphatic hydroxyl groups is 1. The number of fused-ring (bicyclic) bond motifs is 3. The fourth-order valence-electron chi connectivity index (χ4n) is 3.09. The molecule has 10 heteroatoms. The predicted octanol–water partition coefficient (Wildman–Crippen LogP) is 2.41. The van der Waals surface area contributed by atoms with Crippen LogP contribution in [-0.4, -0.2) is 29.0 Å². The Hall–Kier alpha value is -2.85. The summed E-state index contributed by atoms with van der Waals surface area (Å²) < 4.78 is 29.4. The van der Waals surface area contributed by atoms with Gasteiger partial charge in [0.1, 0.15) is 10.6 Å². The molecule has 0 bridgehead atoms. The summed E-state index contributed by atoms with van der Waals surface area (Å²) in [6, 6.07) is 6.90. The Morgan fingerprint density at radius 3 is 2.67 bits per heavy atom. The third kappa shape index (κ3) is 2.60. The van der Waals surface area contributed by atoms with Crippen molar-refractivity contribution in [3.8, 4) is 0 Å². The van der Waals surface area contributed by atoms with Gasteiger partial charge in [-0.05, 0) is 19.9 Å². The Labute approximate surface area is 159 Å². The Balaban J connectivity index is 1.87. The first kappa shape index (κ1) is 17.6. The summed E-state index contributed by atoms with van der Waals surface area (Å²) in [6.45, 7) is 3.67. The van der Waals surface area contributed by atoms with Gasteiger partial charge in [0, 0.05) is 22.8 Å². The van der Waals surface area contributed by atoms with Gasteiger partial charge < -0.3 is 9.67 Å². The van der Waals surface area contributed by atoms with Crippen molar-refractivity contribution >= 4 is 49.1 Å². The number of hydrogen-bond acceptors (Lipinski definition) is 6. The largest absolute Gasteiger partial charge is 0.504 e. The summed E-state index contributed by atoms with van der Waals surface area (Å²) >= 11 is 1.27. The molecule has 0 atom stereocenters. The predicted molar refractivity (Wildman–Crippen MR) is 103 cm³/mol. The molecule has 27 heavy (non-hydrogen) atoms. The van der Waals surface area contributed by atoms with E-state index >= 15 is 0 Å². The first-order valence-electron chi connectivity index (χ1n) is 8.00. The van der Waals surface area contributed by atoms with Gasteiger partial charge in [-0.25, -0.2) is 13.4 Å². The molecule has 1 aliphatic rings. The Morgan fingerprint density at radius 2 is 2.00 bits per heavy atom. The smallest absolute Gasteiger partial charge is 0.278 e. The number of anilines is 1. The molecule has 0 fully saturated rings. The minimum absolute atomic E-state index is 0.0458. The fourth-order valence-corrected chi connectivity index (χ4v) is 5.41. The van der Waals surface area contributed by atoms with Gasteiger partial charge >= 0.3 is 0 Å². The van der Waals surface area contributed by atoms with Crippen LogP contribution in [-0.2, 0) is 21.9 Å². The highest BCUT2D eigenvalue weighted by atomic mass is 32.2. The van der Waals surface area contributed by atoms with Gasteiger partial charge in [0.25, 0.3) is 15.9 Å². The number of aryl methyl sites for hydroxylation is 3. The van der Waals surface area contributed by atoms with Gasteiger partial charge in [-0.3, -0.25) is 14.8 Å². The zero-order valence-electron chi connectivity index (χ0n) is 14.7. The summed E-state index contributed by atoms with van der Waals surface area (Å²) in [5.41, 5.74) is 1.05. The van der Waals surface area contributed by atoms with Gasteiger partial charge in [0.05, 0.1) is 5.69 Å². The van der Waals surface area contributed by atoms with E-state index < -0.39 is 27.4 Å². The van der Waals surface area contributed by atoms with Crippen molar-refractivity contribution in [3.63, 3.8) is 0 Å². The number of carbonyl (C=O) groups excluding carboxylic acids is 1.